The van der Waals surface area contributed by atoms with Crippen molar-refractivity contribution >= 4 is 19.8 Å². The average Bonchev–Trinajstić information content (AvgIpc) is 3.05. The van der Waals surface area contributed by atoms with E-state index < -0.39 is 32.5 Å². The Bertz CT molecular complexity index is 921. The van der Waals surface area contributed by atoms with Crippen LogP contribution in [-0.4, -0.2) is 41.0 Å². The van der Waals surface area contributed by atoms with Crippen molar-refractivity contribution in [1.82, 2.24) is 0 Å². The molecule has 0 unspecified atom stereocenters. The molecular formula is C39H69O8P. The van der Waals surface area contributed by atoms with Gasteiger partial charge in [-0.05, 0) is 70.6 Å². The molecule has 0 aromatic carbocycles. The molecule has 0 bridgehead atoms. The molecule has 2 N–H and O–H groups in total. The third kappa shape index (κ3) is 36.8. The van der Waals surface area contributed by atoms with Crippen molar-refractivity contribution in [2.45, 2.75) is 174 Å². The molecule has 0 aliphatic heterocycles. The molecule has 0 radical (unpaired) electrons. The molecule has 0 amide bonds. The van der Waals surface area contributed by atoms with Crippen molar-refractivity contribution in [2.24, 2.45) is 0 Å². The summed E-state index contributed by atoms with van der Waals surface area (Å²) >= 11 is 0. The number of ether oxygens (including phenoxy) is 2. The zero-order chi connectivity index (χ0) is 35.4. The summed E-state index contributed by atoms with van der Waals surface area (Å²) in [4.78, 5) is 42.7. The van der Waals surface area contributed by atoms with Crippen molar-refractivity contribution in [1.29, 1.82) is 0 Å². The second kappa shape index (κ2) is 34.9. The maximum absolute atomic E-state index is 12.3. The highest BCUT2D eigenvalue weighted by Gasteiger charge is 2.22. The SMILES string of the molecule is CC/C=C/C/C=C/C/C=C/CCCCCCCC(=O)O[C@H](COC(=O)CCCCC/C=C/CCCCCCCCCC)COP(=O)(O)O. The van der Waals surface area contributed by atoms with E-state index in [0.29, 0.717) is 12.8 Å². The molecule has 0 heterocycles. The van der Waals surface area contributed by atoms with Gasteiger partial charge in [0.1, 0.15) is 6.61 Å². The Morgan fingerprint density at radius 1 is 0.562 bits per heavy atom. The van der Waals surface area contributed by atoms with E-state index >= 15 is 0 Å². The number of hydrogen-bond donors (Lipinski definition) is 2. The minimum atomic E-state index is -4.76. The third-order valence-corrected chi connectivity index (χ3v) is 8.32. The van der Waals surface area contributed by atoms with Crippen LogP contribution in [0.2, 0.25) is 0 Å². The summed E-state index contributed by atoms with van der Waals surface area (Å²) in [6, 6.07) is 0. The fraction of sp³-hybridized carbons (Fsp3) is 0.744. The first kappa shape index (κ1) is 46.0. The highest BCUT2D eigenvalue weighted by molar-refractivity contribution is 7.46. The summed E-state index contributed by atoms with van der Waals surface area (Å²) in [5, 5.41) is 0. The summed E-state index contributed by atoms with van der Waals surface area (Å²) < 4.78 is 26.3. The van der Waals surface area contributed by atoms with Crippen LogP contribution in [0.3, 0.4) is 0 Å². The molecule has 48 heavy (non-hydrogen) atoms. The van der Waals surface area contributed by atoms with E-state index in [-0.39, 0.29) is 19.4 Å². The average molecular weight is 697 g/mol. The lowest BCUT2D eigenvalue weighted by Crippen LogP contribution is -2.29. The number of unbranched alkanes of at least 4 members (excludes halogenated alkanes) is 16. The summed E-state index contributed by atoms with van der Waals surface area (Å²) in [7, 11) is -4.76. The Kier molecular flexibility index (Phi) is 33.4. The highest BCUT2D eigenvalue weighted by atomic mass is 31.2. The van der Waals surface area contributed by atoms with Gasteiger partial charge in [-0.15, -0.1) is 0 Å². The van der Waals surface area contributed by atoms with Gasteiger partial charge in [0.05, 0.1) is 6.61 Å². The molecule has 0 aromatic rings. The van der Waals surface area contributed by atoms with Crippen molar-refractivity contribution < 1.29 is 37.9 Å². The molecule has 0 rings (SSSR count). The molecule has 0 fully saturated rings. The number of allylic oxidation sites excluding steroid dienone is 8. The molecule has 8 nitrogen and oxygen atoms in total. The first-order chi connectivity index (χ1) is 23.3. The lowest BCUT2D eigenvalue weighted by Gasteiger charge is -2.18. The minimum Gasteiger partial charge on any atom is -0.462 e. The van der Waals surface area contributed by atoms with E-state index in [9.17, 15) is 14.2 Å². The van der Waals surface area contributed by atoms with E-state index in [1.807, 2.05) is 0 Å². The zero-order valence-corrected chi connectivity index (χ0v) is 31.3. The lowest BCUT2D eigenvalue weighted by atomic mass is 10.1. The van der Waals surface area contributed by atoms with Gasteiger partial charge in [0.15, 0.2) is 6.10 Å². The molecule has 0 aliphatic carbocycles. The predicted molar refractivity (Wildman–Crippen MR) is 198 cm³/mol. The topological polar surface area (TPSA) is 119 Å². The normalized spacial score (nSPS) is 13.0. The number of hydrogen-bond acceptors (Lipinski definition) is 6. The number of carbonyl (C=O) groups excluding carboxylic acids is 2. The minimum absolute atomic E-state index is 0.188. The van der Waals surface area contributed by atoms with E-state index in [1.54, 1.807) is 0 Å². The largest absolute Gasteiger partial charge is 0.469 e. The van der Waals surface area contributed by atoms with Gasteiger partial charge < -0.3 is 19.3 Å². The smallest absolute Gasteiger partial charge is 0.462 e. The van der Waals surface area contributed by atoms with E-state index in [2.05, 4.69) is 67.0 Å². The van der Waals surface area contributed by atoms with Crippen LogP contribution in [0.1, 0.15) is 168 Å². The Hall–Kier alpha value is -1.99. The molecule has 0 spiro atoms. The van der Waals surface area contributed by atoms with Crippen molar-refractivity contribution in [3.8, 4) is 0 Å². The first-order valence-electron chi connectivity index (χ1n) is 18.9. The first-order valence-corrected chi connectivity index (χ1v) is 20.5. The number of carbonyl (C=O) groups is 2. The monoisotopic (exact) mass is 696 g/mol. The summed E-state index contributed by atoms with van der Waals surface area (Å²) in [6.07, 6.45) is 41.2. The third-order valence-electron chi connectivity index (χ3n) is 7.83. The van der Waals surface area contributed by atoms with Gasteiger partial charge in [-0.1, -0.05) is 133 Å². The number of phosphoric ester groups is 1. The van der Waals surface area contributed by atoms with E-state index in [1.165, 1.54) is 51.4 Å². The van der Waals surface area contributed by atoms with Crippen LogP contribution in [-0.2, 0) is 28.2 Å². The van der Waals surface area contributed by atoms with Gasteiger partial charge in [-0.25, -0.2) is 4.57 Å². The fourth-order valence-corrected chi connectivity index (χ4v) is 5.39. The molecule has 278 valence electrons. The van der Waals surface area contributed by atoms with Crippen LogP contribution in [0, 0.1) is 0 Å². The van der Waals surface area contributed by atoms with Gasteiger partial charge >= 0.3 is 19.8 Å². The molecule has 0 saturated carbocycles. The maximum atomic E-state index is 12.3. The quantitative estimate of drug-likeness (QED) is 0.0295. The van der Waals surface area contributed by atoms with Gasteiger partial charge in [0.25, 0.3) is 0 Å². The van der Waals surface area contributed by atoms with Gasteiger partial charge in [0, 0.05) is 12.8 Å². The Morgan fingerprint density at radius 3 is 1.54 bits per heavy atom. The Morgan fingerprint density at radius 2 is 1.00 bits per heavy atom. The number of rotatable bonds is 34. The van der Waals surface area contributed by atoms with E-state index in [0.717, 1.165) is 77.0 Å². The Balaban J connectivity index is 4.02. The second-order valence-corrected chi connectivity index (χ2v) is 13.8. The van der Waals surface area contributed by atoms with E-state index in [4.69, 9.17) is 19.3 Å². The lowest BCUT2D eigenvalue weighted by molar-refractivity contribution is -0.161. The summed E-state index contributed by atoms with van der Waals surface area (Å²) in [5.74, 6) is -0.925. The van der Waals surface area contributed by atoms with Gasteiger partial charge in [-0.2, -0.15) is 0 Å². The molecule has 1 atom stereocenters. The van der Waals surface area contributed by atoms with Gasteiger partial charge in [0.2, 0.25) is 0 Å². The second-order valence-electron chi connectivity index (χ2n) is 12.5. The number of esters is 2. The van der Waals surface area contributed by atoms with Crippen LogP contribution < -0.4 is 0 Å². The Labute approximate surface area is 293 Å². The van der Waals surface area contributed by atoms with Crippen LogP contribution >= 0.6 is 7.82 Å². The molecule has 0 aliphatic rings. The standard InChI is InChI=1S/C39H69O8P/c1-3-5-7-9-11-13-15-17-19-21-23-25-27-29-31-33-38(40)45-35-37(36-46-48(42,43)44)47-39(41)34-32-30-28-26-24-22-20-18-16-14-12-10-8-6-4-2/h6,8,12,14,18,20-21,23,37H,3-5,7,9-11,13,15-17,19,22,24-36H2,1-2H3,(H2,42,43,44)/b8-6+,14-12+,20-18+,23-21+/t37-/m1/s1. The number of phosphoric acid groups is 1. The highest BCUT2D eigenvalue weighted by Crippen LogP contribution is 2.36. The van der Waals surface area contributed by atoms with Crippen molar-refractivity contribution in [2.75, 3.05) is 13.2 Å². The molecule has 0 aromatic heterocycles. The van der Waals surface area contributed by atoms with Crippen LogP contribution in [0.5, 0.6) is 0 Å². The van der Waals surface area contributed by atoms with Crippen LogP contribution in [0.15, 0.2) is 48.6 Å². The van der Waals surface area contributed by atoms with Crippen molar-refractivity contribution in [3.63, 3.8) is 0 Å². The van der Waals surface area contributed by atoms with Gasteiger partial charge in [-0.3, -0.25) is 14.1 Å². The fourth-order valence-electron chi connectivity index (χ4n) is 5.03. The predicted octanol–water partition coefficient (Wildman–Crippen LogP) is 11.2. The van der Waals surface area contributed by atoms with Crippen LogP contribution in [0.4, 0.5) is 0 Å². The maximum Gasteiger partial charge on any atom is 0.469 e. The summed E-state index contributed by atoms with van der Waals surface area (Å²) in [5.41, 5.74) is 0. The molecular weight excluding hydrogens is 627 g/mol. The van der Waals surface area contributed by atoms with Crippen molar-refractivity contribution in [3.05, 3.63) is 48.6 Å². The van der Waals surface area contributed by atoms with Crippen LogP contribution in [0.25, 0.3) is 0 Å². The molecule has 9 heteroatoms. The molecule has 0 saturated heterocycles. The summed E-state index contributed by atoms with van der Waals surface area (Å²) in [6.45, 7) is 3.53. The zero-order valence-electron chi connectivity index (χ0n) is 30.4.